The summed E-state index contributed by atoms with van der Waals surface area (Å²) < 4.78 is 15.5. The zero-order valence-corrected chi connectivity index (χ0v) is 16.1. The number of methoxy groups -OCH3 is 1. The van der Waals surface area contributed by atoms with E-state index in [4.69, 9.17) is 14.2 Å². The van der Waals surface area contributed by atoms with Gasteiger partial charge in [-0.1, -0.05) is 13.0 Å². The minimum atomic E-state index is -0.994. The van der Waals surface area contributed by atoms with Gasteiger partial charge in [-0.2, -0.15) is 0 Å². The quantitative estimate of drug-likeness (QED) is 0.526. The molecule has 7 nitrogen and oxygen atoms in total. The summed E-state index contributed by atoms with van der Waals surface area (Å²) >= 11 is 0. The molecular formula is C21H23NO6. The molecule has 0 unspecified atom stereocenters. The van der Waals surface area contributed by atoms with E-state index in [1.807, 2.05) is 0 Å². The van der Waals surface area contributed by atoms with Crippen molar-refractivity contribution in [2.45, 2.75) is 26.4 Å². The zero-order chi connectivity index (χ0) is 20.5. The minimum Gasteiger partial charge on any atom is -0.497 e. The van der Waals surface area contributed by atoms with Crippen LogP contribution in [0, 0.1) is 0 Å². The van der Waals surface area contributed by atoms with Gasteiger partial charge in [0.2, 0.25) is 0 Å². The Kier molecular flexibility index (Phi) is 7.56. The Morgan fingerprint density at radius 3 is 2.39 bits per heavy atom. The summed E-state index contributed by atoms with van der Waals surface area (Å²) in [5.74, 6) is -0.0894. The van der Waals surface area contributed by atoms with Crippen LogP contribution in [0.3, 0.4) is 0 Å². The highest BCUT2D eigenvalue weighted by Gasteiger charge is 2.18. The fourth-order valence-electron chi connectivity index (χ4n) is 2.31. The van der Waals surface area contributed by atoms with Gasteiger partial charge in [-0.05, 0) is 43.3 Å². The lowest BCUT2D eigenvalue weighted by atomic mass is 10.1. The molecule has 1 atom stereocenters. The number of anilines is 1. The van der Waals surface area contributed by atoms with Crippen LogP contribution in [0.25, 0.3) is 0 Å². The molecular weight excluding hydrogens is 362 g/mol. The lowest BCUT2D eigenvalue weighted by Crippen LogP contribution is -2.31. The van der Waals surface area contributed by atoms with Crippen LogP contribution in [-0.2, 0) is 14.3 Å². The molecule has 0 aliphatic heterocycles. The van der Waals surface area contributed by atoms with Crippen LogP contribution in [0.4, 0.5) is 5.69 Å². The summed E-state index contributed by atoms with van der Waals surface area (Å²) in [5.41, 5.74) is 1.12. The van der Waals surface area contributed by atoms with Crippen molar-refractivity contribution in [3.8, 4) is 11.5 Å². The Balaban J connectivity index is 1.81. The van der Waals surface area contributed by atoms with Gasteiger partial charge in [0.1, 0.15) is 11.5 Å². The summed E-state index contributed by atoms with van der Waals surface area (Å²) in [6, 6.07) is 13.3. The monoisotopic (exact) mass is 385 g/mol. The highest BCUT2D eigenvalue weighted by Crippen LogP contribution is 2.17. The molecule has 0 aliphatic rings. The number of rotatable bonds is 9. The average Bonchev–Trinajstić information content (AvgIpc) is 2.72. The van der Waals surface area contributed by atoms with Crippen LogP contribution in [0.15, 0.2) is 48.5 Å². The van der Waals surface area contributed by atoms with Gasteiger partial charge in [0, 0.05) is 23.7 Å². The Morgan fingerprint density at radius 1 is 1.04 bits per heavy atom. The number of ether oxygens (including phenoxy) is 3. The van der Waals surface area contributed by atoms with Crippen molar-refractivity contribution in [2.24, 2.45) is 0 Å². The normalized spacial score (nSPS) is 11.2. The topological polar surface area (TPSA) is 90.9 Å². The van der Waals surface area contributed by atoms with Crippen molar-refractivity contribution in [1.29, 1.82) is 0 Å². The molecule has 28 heavy (non-hydrogen) atoms. The number of Topliss-reactive ketones (excluding diaryl/α,β-unsaturated/α-hetero) is 1. The number of benzene rings is 2. The van der Waals surface area contributed by atoms with Crippen molar-refractivity contribution < 1.29 is 28.6 Å². The van der Waals surface area contributed by atoms with E-state index in [0.717, 1.165) is 0 Å². The Hall–Kier alpha value is -3.35. The predicted octanol–water partition coefficient (Wildman–Crippen LogP) is 3.24. The van der Waals surface area contributed by atoms with Crippen LogP contribution in [0.5, 0.6) is 11.5 Å². The zero-order valence-electron chi connectivity index (χ0n) is 16.1. The molecule has 2 aromatic carbocycles. The Morgan fingerprint density at radius 2 is 1.75 bits per heavy atom. The van der Waals surface area contributed by atoms with Crippen molar-refractivity contribution in [3.05, 3.63) is 54.1 Å². The maximum absolute atomic E-state index is 12.1. The molecule has 0 bridgehead atoms. The highest BCUT2D eigenvalue weighted by molar-refractivity contribution is 5.96. The molecule has 0 aliphatic carbocycles. The highest BCUT2D eigenvalue weighted by atomic mass is 16.6. The number of ketones is 1. The van der Waals surface area contributed by atoms with Crippen LogP contribution in [0.2, 0.25) is 0 Å². The standard InChI is InChI=1S/C21H23NO6/c1-4-19(23)15-8-10-17(11-9-15)27-13-20(24)28-14(2)21(25)22-16-6-5-7-18(12-16)26-3/h5-12,14H,4,13H2,1-3H3,(H,22,25)/t14-/m0/s1. The van der Waals surface area contributed by atoms with Crippen molar-refractivity contribution in [3.63, 3.8) is 0 Å². The van der Waals surface area contributed by atoms with E-state index < -0.39 is 18.0 Å². The van der Waals surface area contributed by atoms with Gasteiger partial charge < -0.3 is 19.5 Å². The lowest BCUT2D eigenvalue weighted by molar-refractivity contribution is -0.155. The maximum Gasteiger partial charge on any atom is 0.344 e. The number of carbonyl (C=O) groups is 3. The smallest absolute Gasteiger partial charge is 0.344 e. The van der Waals surface area contributed by atoms with Crippen LogP contribution >= 0.6 is 0 Å². The lowest BCUT2D eigenvalue weighted by Gasteiger charge is -2.14. The SMILES string of the molecule is CCC(=O)c1ccc(OCC(=O)O[C@@H](C)C(=O)Nc2cccc(OC)c2)cc1. The second-order valence-electron chi connectivity index (χ2n) is 5.94. The third kappa shape index (κ3) is 6.12. The van der Waals surface area contributed by atoms with Gasteiger partial charge in [-0.25, -0.2) is 4.79 Å². The first-order valence-corrected chi connectivity index (χ1v) is 8.83. The first-order chi connectivity index (χ1) is 13.4. The molecule has 148 valence electrons. The number of carbonyl (C=O) groups excluding carboxylic acids is 3. The molecule has 2 aromatic rings. The predicted molar refractivity (Wildman–Crippen MR) is 104 cm³/mol. The minimum absolute atomic E-state index is 0.0295. The van der Waals surface area contributed by atoms with Crippen LogP contribution in [0.1, 0.15) is 30.6 Å². The van der Waals surface area contributed by atoms with Gasteiger partial charge >= 0.3 is 5.97 Å². The number of amides is 1. The van der Waals surface area contributed by atoms with Crippen molar-refractivity contribution in [2.75, 3.05) is 19.0 Å². The molecule has 0 saturated heterocycles. The molecule has 1 N–H and O–H groups in total. The second kappa shape index (κ2) is 10.1. The number of esters is 1. The van der Waals surface area contributed by atoms with Gasteiger partial charge in [0.25, 0.3) is 5.91 Å². The van der Waals surface area contributed by atoms with Crippen LogP contribution < -0.4 is 14.8 Å². The van der Waals surface area contributed by atoms with E-state index in [9.17, 15) is 14.4 Å². The number of nitrogens with one attached hydrogen (secondary N) is 1. The van der Waals surface area contributed by atoms with Crippen molar-refractivity contribution in [1.82, 2.24) is 0 Å². The molecule has 0 aromatic heterocycles. The van der Waals surface area contributed by atoms with E-state index in [0.29, 0.717) is 29.2 Å². The fourth-order valence-corrected chi connectivity index (χ4v) is 2.31. The van der Waals surface area contributed by atoms with E-state index in [1.54, 1.807) is 55.5 Å². The molecule has 0 fully saturated rings. The largest absolute Gasteiger partial charge is 0.497 e. The molecule has 0 radical (unpaired) electrons. The molecule has 2 rings (SSSR count). The van der Waals surface area contributed by atoms with Crippen molar-refractivity contribution >= 4 is 23.3 Å². The summed E-state index contributed by atoms with van der Waals surface area (Å²) in [6.45, 7) is 2.91. The van der Waals surface area contributed by atoms with Gasteiger partial charge in [0.15, 0.2) is 18.5 Å². The summed E-state index contributed by atoms with van der Waals surface area (Å²) in [7, 11) is 1.53. The van der Waals surface area contributed by atoms with Gasteiger partial charge in [-0.15, -0.1) is 0 Å². The molecule has 0 heterocycles. The first-order valence-electron chi connectivity index (χ1n) is 8.83. The molecule has 0 spiro atoms. The van der Waals surface area contributed by atoms with E-state index in [1.165, 1.54) is 14.0 Å². The number of hydrogen-bond acceptors (Lipinski definition) is 6. The van der Waals surface area contributed by atoms with Gasteiger partial charge in [0.05, 0.1) is 7.11 Å². The third-order valence-electron chi connectivity index (χ3n) is 3.87. The third-order valence-corrected chi connectivity index (χ3v) is 3.87. The summed E-state index contributed by atoms with van der Waals surface area (Å²) in [5, 5.41) is 2.65. The van der Waals surface area contributed by atoms with Crippen LogP contribution in [-0.4, -0.2) is 37.5 Å². The molecule has 7 heteroatoms. The molecule has 1 amide bonds. The maximum atomic E-state index is 12.1. The Bertz CT molecular complexity index is 831. The van der Waals surface area contributed by atoms with E-state index in [-0.39, 0.29) is 12.4 Å². The summed E-state index contributed by atoms with van der Waals surface area (Å²) in [6.07, 6.45) is -0.575. The summed E-state index contributed by atoms with van der Waals surface area (Å²) in [4.78, 5) is 35.6. The first kappa shape index (κ1) is 21.0. The average molecular weight is 385 g/mol. The fraction of sp³-hybridized carbons (Fsp3) is 0.286. The van der Waals surface area contributed by atoms with E-state index >= 15 is 0 Å². The molecule has 0 saturated carbocycles. The second-order valence-corrected chi connectivity index (χ2v) is 5.94. The Labute approximate surface area is 163 Å². The van der Waals surface area contributed by atoms with E-state index in [2.05, 4.69) is 5.32 Å². The number of hydrogen-bond donors (Lipinski definition) is 1. The van der Waals surface area contributed by atoms with Gasteiger partial charge in [-0.3, -0.25) is 9.59 Å².